The molecule has 0 amide bonds. The lowest BCUT2D eigenvalue weighted by atomic mass is 10.1. The van der Waals surface area contributed by atoms with Crippen LogP contribution in [-0.2, 0) is 0 Å². The Labute approximate surface area is 98.9 Å². The molecule has 6 heteroatoms. The first-order valence-electron chi connectivity index (χ1n) is 4.36. The minimum Gasteiger partial charge on any atom is -0.507 e. The first-order valence-corrected chi connectivity index (χ1v) is 5.16. The number of carboxylic acids is 1. The summed E-state index contributed by atoms with van der Waals surface area (Å²) in [5.74, 6) is -1.14. The average molecular weight is 283 g/mol. The molecule has 1 aromatic carbocycles. The van der Waals surface area contributed by atoms with Crippen LogP contribution in [0.3, 0.4) is 0 Å². The molecule has 3 N–H and O–H groups in total. The summed E-state index contributed by atoms with van der Waals surface area (Å²) in [6, 6.07) is 6.43. The van der Waals surface area contributed by atoms with Crippen LogP contribution in [0.4, 0.5) is 0 Å². The van der Waals surface area contributed by atoms with Crippen LogP contribution in [0.1, 0.15) is 10.5 Å². The number of carboxylic acid groups (broad SMARTS) is 1. The molecule has 0 saturated carbocycles. The maximum atomic E-state index is 10.9. The number of aromatic hydroxyl groups is 1. The van der Waals surface area contributed by atoms with E-state index in [1.54, 1.807) is 18.2 Å². The van der Waals surface area contributed by atoms with Gasteiger partial charge in [0.05, 0.1) is 0 Å². The molecule has 0 bridgehead atoms. The Hall–Kier alpha value is -1.82. The van der Waals surface area contributed by atoms with E-state index in [2.05, 4.69) is 25.9 Å². The smallest absolute Gasteiger partial charge is 0.354 e. The third-order valence-electron chi connectivity index (χ3n) is 2.05. The quantitative estimate of drug-likeness (QED) is 0.789. The van der Waals surface area contributed by atoms with Crippen molar-refractivity contribution in [3.63, 3.8) is 0 Å². The van der Waals surface area contributed by atoms with Gasteiger partial charge < -0.3 is 15.2 Å². The molecule has 2 rings (SSSR count). The Morgan fingerprint density at radius 1 is 1.38 bits per heavy atom. The highest BCUT2D eigenvalue weighted by Crippen LogP contribution is 2.30. The van der Waals surface area contributed by atoms with Crippen molar-refractivity contribution in [1.29, 1.82) is 0 Å². The molecule has 0 aliphatic rings. The van der Waals surface area contributed by atoms with Crippen LogP contribution in [0.2, 0.25) is 0 Å². The van der Waals surface area contributed by atoms with Crippen LogP contribution in [0, 0.1) is 0 Å². The number of phenols is 1. The molecule has 0 radical (unpaired) electrons. The Kier molecular flexibility index (Phi) is 2.66. The van der Waals surface area contributed by atoms with Crippen LogP contribution in [0.5, 0.6) is 5.75 Å². The van der Waals surface area contributed by atoms with E-state index < -0.39 is 5.97 Å². The van der Waals surface area contributed by atoms with Gasteiger partial charge in [0, 0.05) is 5.56 Å². The molecule has 0 unspecified atom stereocenters. The number of aromatic amines is 1. The fourth-order valence-electron chi connectivity index (χ4n) is 1.37. The Balaban J connectivity index is 2.64. The minimum atomic E-state index is -1.13. The van der Waals surface area contributed by atoms with Crippen LogP contribution in [-0.4, -0.2) is 26.2 Å². The summed E-state index contributed by atoms with van der Waals surface area (Å²) in [7, 11) is 0. The fourth-order valence-corrected chi connectivity index (χ4v) is 1.74. The van der Waals surface area contributed by atoms with E-state index in [4.69, 9.17) is 5.11 Å². The third-order valence-corrected chi connectivity index (χ3v) is 2.42. The molecule has 0 aliphatic carbocycles. The zero-order valence-corrected chi connectivity index (χ0v) is 9.52. The summed E-state index contributed by atoms with van der Waals surface area (Å²) >= 11 is 3.06. The predicted octanol–water partition coefficient (Wildman–Crippen LogP) is 2.24. The number of aromatic nitrogens is 2. The molecule has 0 aliphatic heterocycles. The zero-order valence-electron chi connectivity index (χ0n) is 7.94. The third kappa shape index (κ3) is 1.79. The number of phenolic OH excluding ortho intramolecular Hbond substituents is 1. The number of nitrogens with zero attached hydrogens (tertiary/aromatic N) is 1. The van der Waals surface area contributed by atoms with E-state index in [1.165, 1.54) is 6.07 Å². The van der Waals surface area contributed by atoms with Crippen molar-refractivity contribution in [2.24, 2.45) is 0 Å². The van der Waals surface area contributed by atoms with Crippen LogP contribution >= 0.6 is 15.9 Å². The molecule has 0 spiro atoms. The van der Waals surface area contributed by atoms with Gasteiger partial charge in [0.2, 0.25) is 0 Å². The lowest BCUT2D eigenvalue weighted by Gasteiger charge is -2.01. The second kappa shape index (κ2) is 3.97. The summed E-state index contributed by atoms with van der Waals surface area (Å²) in [6.45, 7) is 0. The van der Waals surface area contributed by atoms with Crippen LogP contribution < -0.4 is 0 Å². The van der Waals surface area contributed by atoms with Gasteiger partial charge in [-0.2, -0.15) is 0 Å². The number of para-hydroxylation sites is 1. The normalized spacial score (nSPS) is 10.3. The van der Waals surface area contributed by atoms with E-state index in [1.807, 2.05) is 0 Å². The largest absolute Gasteiger partial charge is 0.507 e. The Morgan fingerprint density at radius 2 is 2.06 bits per heavy atom. The van der Waals surface area contributed by atoms with Crippen LogP contribution in [0.25, 0.3) is 11.3 Å². The van der Waals surface area contributed by atoms with Crippen molar-refractivity contribution in [2.75, 3.05) is 0 Å². The lowest BCUT2D eigenvalue weighted by molar-refractivity contribution is 0.0692. The maximum absolute atomic E-state index is 10.9. The van der Waals surface area contributed by atoms with Gasteiger partial charge in [-0.25, -0.2) is 9.78 Å². The molecular weight excluding hydrogens is 276 g/mol. The first kappa shape index (κ1) is 10.7. The topological polar surface area (TPSA) is 86.2 Å². The summed E-state index contributed by atoms with van der Waals surface area (Å²) < 4.78 is 0.308. The molecule has 1 aromatic heterocycles. The molecule has 5 nitrogen and oxygen atoms in total. The molecule has 16 heavy (non-hydrogen) atoms. The molecule has 0 fully saturated rings. The highest BCUT2D eigenvalue weighted by molar-refractivity contribution is 9.10. The highest BCUT2D eigenvalue weighted by atomic mass is 79.9. The van der Waals surface area contributed by atoms with Gasteiger partial charge in [0.25, 0.3) is 0 Å². The molecule has 0 saturated heterocycles. The summed E-state index contributed by atoms with van der Waals surface area (Å²) in [4.78, 5) is 17.5. The van der Waals surface area contributed by atoms with Crippen molar-refractivity contribution < 1.29 is 15.0 Å². The van der Waals surface area contributed by atoms with Gasteiger partial charge in [0.1, 0.15) is 11.4 Å². The molecular formula is C10H7BrN2O3. The van der Waals surface area contributed by atoms with Crippen molar-refractivity contribution in [2.45, 2.75) is 0 Å². The summed E-state index contributed by atoms with van der Waals surface area (Å²) in [6.07, 6.45) is 0. The van der Waals surface area contributed by atoms with Crippen molar-refractivity contribution in [1.82, 2.24) is 9.97 Å². The number of imidazole rings is 1. The average Bonchev–Trinajstić information content (AvgIpc) is 2.61. The second-order valence-corrected chi connectivity index (χ2v) is 3.82. The fraction of sp³-hybridized carbons (Fsp3) is 0. The lowest BCUT2D eigenvalue weighted by Crippen LogP contribution is -1.99. The van der Waals surface area contributed by atoms with Crippen molar-refractivity contribution >= 4 is 21.9 Å². The van der Waals surface area contributed by atoms with Crippen LogP contribution in [0.15, 0.2) is 29.0 Å². The van der Waals surface area contributed by atoms with Gasteiger partial charge in [-0.05, 0) is 28.1 Å². The number of H-pyrrole nitrogens is 1. The first-order chi connectivity index (χ1) is 7.59. The monoisotopic (exact) mass is 282 g/mol. The number of carbonyl (C=O) groups is 1. The van der Waals surface area contributed by atoms with Gasteiger partial charge in [-0.15, -0.1) is 0 Å². The van der Waals surface area contributed by atoms with E-state index >= 15 is 0 Å². The molecule has 0 atom stereocenters. The molecule has 2 aromatic rings. The second-order valence-electron chi connectivity index (χ2n) is 3.07. The summed E-state index contributed by atoms with van der Waals surface area (Å²) in [5.41, 5.74) is 0.521. The standard InChI is InChI=1S/C10H7BrN2O3/c11-10-12-7(8(13-10)9(15)16)5-3-1-2-4-6(5)14/h1-4,14H,(H,12,13)(H,15,16). The SMILES string of the molecule is O=C(O)c1[nH]c(Br)nc1-c1ccccc1O. The Bertz CT molecular complexity index is 551. The van der Waals surface area contributed by atoms with E-state index in [-0.39, 0.29) is 17.1 Å². The van der Waals surface area contributed by atoms with Crippen molar-refractivity contribution in [3.8, 4) is 17.0 Å². The van der Waals surface area contributed by atoms with Crippen molar-refractivity contribution in [3.05, 3.63) is 34.7 Å². The van der Waals surface area contributed by atoms with Gasteiger partial charge in [-0.3, -0.25) is 0 Å². The molecule has 1 heterocycles. The number of rotatable bonds is 2. The minimum absolute atomic E-state index is 0.0102. The number of hydrogen-bond donors (Lipinski definition) is 3. The van der Waals surface area contributed by atoms with E-state index in [0.717, 1.165) is 0 Å². The number of hydrogen-bond acceptors (Lipinski definition) is 3. The van der Waals surface area contributed by atoms with Gasteiger partial charge in [0.15, 0.2) is 10.4 Å². The maximum Gasteiger partial charge on any atom is 0.354 e. The predicted molar refractivity (Wildman–Crippen MR) is 60.3 cm³/mol. The van der Waals surface area contributed by atoms with E-state index in [9.17, 15) is 9.90 Å². The highest BCUT2D eigenvalue weighted by Gasteiger charge is 2.18. The molecule has 82 valence electrons. The number of aromatic carboxylic acids is 1. The van der Waals surface area contributed by atoms with Gasteiger partial charge in [-0.1, -0.05) is 12.1 Å². The van der Waals surface area contributed by atoms with E-state index in [0.29, 0.717) is 10.3 Å². The van der Waals surface area contributed by atoms with Gasteiger partial charge >= 0.3 is 5.97 Å². The zero-order chi connectivity index (χ0) is 11.7. The summed E-state index contributed by atoms with van der Waals surface area (Å²) in [5, 5.41) is 18.6. The number of halogens is 1. The Morgan fingerprint density at radius 3 is 2.69 bits per heavy atom. The number of nitrogens with one attached hydrogen (secondary N) is 1. The number of benzene rings is 1.